The fraction of sp³-hybridized carbons (Fsp3) is 0.0909. The summed E-state index contributed by atoms with van der Waals surface area (Å²) in [5.74, 6) is -0.0542. The molecule has 1 heterocycles. The van der Waals surface area contributed by atoms with Crippen LogP contribution in [0, 0.1) is 11.6 Å². The normalized spacial score (nSPS) is 10.9. The summed E-state index contributed by atoms with van der Waals surface area (Å²) in [6.07, 6.45) is 0. The van der Waals surface area contributed by atoms with Crippen LogP contribution in [0.5, 0.6) is 5.75 Å². The highest BCUT2D eigenvalue weighted by Gasteiger charge is 2.17. The Balaban J connectivity index is 1.72. The largest absolute Gasteiger partial charge is 0.497 e. The first-order valence-electron chi connectivity index (χ1n) is 8.88. The van der Waals surface area contributed by atoms with Gasteiger partial charge in [-0.25, -0.2) is 8.78 Å². The van der Waals surface area contributed by atoms with Gasteiger partial charge in [-0.1, -0.05) is 42.1 Å². The zero-order valence-corrected chi connectivity index (χ0v) is 16.4. The summed E-state index contributed by atoms with van der Waals surface area (Å²) in [6, 6.07) is 21.4. The van der Waals surface area contributed by atoms with Crippen LogP contribution in [-0.4, -0.2) is 21.9 Å². The van der Waals surface area contributed by atoms with Crippen molar-refractivity contribution in [3.63, 3.8) is 0 Å². The highest BCUT2D eigenvalue weighted by Crippen LogP contribution is 2.31. The molecule has 146 valence electrons. The van der Waals surface area contributed by atoms with Crippen LogP contribution in [0.25, 0.3) is 17.1 Å². The number of ether oxygens (including phenoxy) is 1. The van der Waals surface area contributed by atoms with Gasteiger partial charge in [0.15, 0.2) is 22.6 Å². The maximum absolute atomic E-state index is 14.0. The van der Waals surface area contributed by atoms with E-state index in [1.165, 1.54) is 17.8 Å². The lowest BCUT2D eigenvalue weighted by molar-refractivity contribution is 0.415. The van der Waals surface area contributed by atoms with Crippen LogP contribution in [-0.2, 0) is 5.75 Å². The fourth-order valence-corrected chi connectivity index (χ4v) is 3.83. The van der Waals surface area contributed by atoms with Crippen molar-refractivity contribution in [3.8, 4) is 22.8 Å². The van der Waals surface area contributed by atoms with Gasteiger partial charge in [0.05, 0.1) is 7.11 Å². The van der Waals surface area contributed by atoms with Crippen LogP contribution < -0.4 is 4.74 Å². The Bertz CT molecular complexity index is 1110. The molecule has 0 saturated heterocycles. The van der Waals surface area contributed by atoms with E-state index in [9.17, 15) is 8.78 Å². The number of methoxy groups -OCH3 is 1. The molecular formula is C22H17F2N3OS. The molecule has 0 aliphatic heterocycles. The summed E-state index contributed by atoms with van der Waals surface area (Å²) < 4.78 is 34.7. The van der Waals surface area contributed by atoms with Crippen molar-refractivity contribution in [1.29, 1.82) is 0 Å². The number of aromatic nitrogens is 3. The predicted molar refractivity (Wildman–Crippen MR) is 109 cm³/mol. The molecule has 0 aliphatic rings. The highest BCUT2D eigenvalue weighted by atomic mass is 32.2. The highest BCUT2D eigenvalue weighted by molar-refractivity contribution is 7.98. The molecule has 0 N–H and O–H groups in total. The van der Waals surface area contributed by atoms with Crippen molar-refractivity contribution in [2.45, 2.75) is 10.9 Å². The van der Waals surface area contributed by atoms with E-state index in [0.29, 0.717) is 11.0 Å². The third-order valence-electron chi connectivity index (χ3n) is 4.38. The topological polar surface area (TPSA) is 39.9 Å². The van der Waals surface area contributed by atoms with Crippen molar-refractivity contribution >= 4 is 11.8 Å². The Morgan fingerprint density at radius 3 is 2.38 bits per heavy atom. The number of rotatable bonds is 6. The van der Waals surface area contributed by atoms with E-state index in [-0.39, 0.29) is 11.3 Å². The Kier molecular flexibility index (Phi) is 5.57. The third kappa shape index (κ3) is 4.00. The van der Waals surface area contributed by atoms with E-state index in [4.69, 9.17) is 4.74 Å². The second kappa shape index (κ2) is 8.45. The number of para-hydroxylation sites is 1. The van der Waals surface area contributed by atoms with E-state index in [1.807, 2.05) is 59.2 Å². The molecule has 0 unspecified atom stereocenters. The zero-order valence-electron chi connectivity index (χ0n) is 15.5. The van der Waals surface area contributed by atoms with Crippen molar-refractivity contribution in [2.75, 3.05) is 7.11 Å². The van der Waals surface area contributed by atoms with Crippen molar-refractivity contribution in [1.82, 2.24) is 14.8 Å². The van der Waals surface area contributed by atoms with Crippen molar-refractivity contribution < 1.29 is 13.5 Å². The minimum absolute atomic E-state index is 0.233. The van der Waals surface area contributed by atoms with E-state index in [1.54, 1.807) is 13.2 Å². The minimum atomic E-state index is -0.855. The summed E-state index contributed by atoms with van der Waals surface area (Å²) in [4.78, 5) is 0. The van der Waals surface area contributed by atoms with Gasteiger partial charge < -0.3 is 4.74 Å². The molecule has 0 amide bonds. The van der Waals surface area contributed by atoms with Gasteiger partial charge in [0.25, 0.3) is 0 Å². The van der Waals surface area contributed by atoms with Gasteiger partial charge in [0.2, 0.25) is 0 Å². The second-order valence-corrected chi connectivity index (χ2v) is 7.15. The summed E-state index contributed by atoms with van der Waals surface area (Å²) in [7, 11) is 1.61. The molecule has 3 aromatic carbocycles. The van der Waals surface area contributed by atoms with Crippen molar-refractivity contribution in [3.05, 3.63) is 90.0 Å². The standard InChI is InChI=1S/C22H17F2N3OS/c1-28-18-12-10-15(11-13-18)21-25-26-22(27(21)17-7-3-2-4-8-17)29-14-16-6-5-9-19(23)20(16)24/h2-13H,14H2,1H3. The molecule has 4 aromatic rings. The second-order valence-electron chi connectivity index (χ2n) is 6.21. The number of hydrogen-bond acceptors (Lipinski definition) is 4. The molecule has 0 atom stereocenters. The molecule has 7 heteroatoms. The number of nitrogens with zero attached hydrogens (tertiary/aromatic N) is 3. The van der Waals surface area contributed by atoms with Crippen LogP contribution in [0.2, 0.25) is 0 Å². The molecule has 29 heavy (non-hydrogen) atoms. The fourth-order valence-electron chi connectivity index (χ4n) is 2.90. The maximum Gasteiger partial charge on any atom is 0.196 e. The van der Waals surface area contributed by atoms with Gasteiger partial charge in [-0.3, -0.25) is 4.57 Å². The molecule has 0 bridgehead atoms. The summed E-state index contributed by atoms with van der Waals surface area (Å²) in [5, 5.41) is 9.25. The van der Waals surface area contributed by atoms with Crippen LogP contribution in [0.1, 0.15) is 5.56 Å². The first-order chi connectivity index (χ1) is 14.2. The van der Waals surface area contributed by atoms with Crippen molar-refractivity contribution in [2.24, 2.45) is 0 Å². The lowest BCUT2D eigenvalue weighted by atomic mass is 10.2. The molecular weight excluding hydrogens is 392 g/mol. The molecule has 0 spiro atoms. The van der Waals surface area contributed by atoms with Crippen LogP contribution in [0.3, 0.4) is 0 Å². The zero-order chi connectivity index (χ0) is 20.2. The molecule has 0 aliphatic carbocycles. The first kappa shape index (κ1) is 19.1. The van der Waals surface area contributed by atoms with Crippen LogP contribution in [0.15, 0.2) is 78.0 Å². The smallest absolute Gasteiger partial charge is 0.196 e. The average molecular weight is 409 g/mol. The van der Waals surface area contributed by atoms with Gasteiger partial charge in [-0.15, -0.1) is 10.2 Å². The van der Waals surface area contributed by atoms with Gasteiger partial charge in [0, 0.05) is 22.6 Å². The lowest BCUT2D eigenvalue weighted by Gasteiger charge is -2.11. The lowest BCUT2D eigenvalue weighted by Crippen LogP contribution is -2.00. The maximum atomic E-state index is 14.0. The molecule has 1 aromatic heterocycles. The van der Waals surface area contributed by atoms with E-state index in [0.717, 1.165) is 23.1 Å². The molecule has 0 fully saturated rings. The number of benzene rings is 3. The van der Waals surface area contributed by atoms with Crippen LogP contribution >= 0.6 is 11.8 Å². The third-order valence-corrected chi connectivity index (χ3v) is 5.36. The molecule has 4 nitrogen and oxygen atoms in total. The van der Waals surface area contributed by atoms with E-state index < -0.39 is 11.6 Å². The quantitative estimate of drug-likeness (QED) is 0.394. The van der Waals surface area contributed by atoms with Gasteiger partial charge in [-0.2, -0.15) is 0 Å². The number of halogens is 2. The van der Waals surface area contributed by atoms with E-state index in [2.05, 4.69) is 10.2 Å². The molecule has 0 saturated carbocycles. The molecule has 0 radical (unpaired) electrons. The molecule has 4 rings (SSSR count). The minimum Gasteiger partial charge on any atom is -0.497 e. The Hall–Kier alpha value is -3.19. The SMILES string of the molecule is COc1ccc(-c2nnc(SCc3cccc(F)c3F)n2-c2ccccc2)cc1. The van der Waals surface area contributed by atoms with E-state index >= 15 is 0 Å². The Morgan fingerprint density at radius 1 is 0.897 bits per heavy atom. The van der Waals surface area contributed by atoms with Gasteiger partial charge >= 0.3 is 0 Å². The monoisotopic (exact) mass is 409 g/mol. The predicted octanol–water partition coefficient (Wildman–Crippen LogP) is 5.51. The van der Waals surface area contributed by atoms with Gasteiger partial charge in [0.1, 0.15) is 5.75 Å². The van der Waals surface area contributed by atoms with Gasteiger partial charge in [-0.05, 0) is 42.5 Å². The Labute approximate surface area is 171 Å². The number of hydrogen-bond donors (Lipinski definition) is 0. The summed E-state index contributed by atoms with van der Waals surface area (Å²) in [5.41, 5.74) is 2.03. The number of thioether (sulfide) groups is 1. The Morgan fingerprint density at radius 2 is 1.66 bits per heavy atom. The first-order valence-corrected chi connectivity index (χ1v) is 9.87. The summed E-state index contributed by atoms with van der Waals surface area (Å²) >= 11 is 1.30. The summed E-state index contributed by atoms with van der Waals surface area (Å²) in [6.45, 7) is 0. The van der Waals surface area contributed by atoms with Crippen LogP contribution in [0.4, 0.5) is 8.78 Å². The average Bonchev–Trinajstić information content (AvgIpc) is 3.19.